The summed E-state index contributed by atoms with van der Waals surface area (Å²) in [6.07, 6.45) is 0. The number of anilines is 2. The Morgan fingerprint density at radius 2 is 1.88 bits per heavy atom. The highest BCUT2D eigenvalue weighted by Gasteiger charge is 2.08. The molecule has 1 aromatic heterocycles. The number of nitrogens with zero attached hydrogens (tertiary/aromatic N) is 1. The van der Waals surface area contributed by atoms with E-state index in [0.29, 0.717) is 11.3 Å². The second-order valence-corrected chi connectivity index (χ2v) is 5.80. The van der Waals surface area contributed by atoms with Crippen LogP contribution in [0.4, 0.5) is 10.8 Å². The molecular weight excluding hydrogens is 324 g/mol. The van der Waals surface area contributed by atoms with Crippen molar-refractivity contribution in [2.24, 2.45) is 0 Å². The van der Waals surface area contributed by atoms with Crippen molar-refractivity contribution >= 4 is 28.1 Å². The number of methoxy groups -OCH3 is 1. The lowest BCUT2D eigenvalue weighted by molar-refractivity contribution is 0.0468. The van der Waals surface area contributed by atoms with Gasteiger partial charge in [-0.1, -0.05) is 18.2 Å². The number of thiazole rings is 1. The van der Waals surface area contributed by atoms with Gasteiger partial charge in [-0.3, -0.25) is 0 Å². The zero-order valence-corrected chi connectivity index (χ0v) is 13.9. The summed E-state index contributed by atoms with van der Waals surface area (Å²) in [7, 11) is 1.63. The molecular formula is C18H16N2O3S. The van der Waals surface area contributed by atoms with Gasteiger partial charge in [0.05, 0.1) is 18.4 Å². The van der Waals surface area contributed by atoms with Crippen LogP contribution < -0.4 is 10.1 Å². The predicted octanol–water partition coefficient (Wildman–Crippen LogP) is 4.25. The lowest BCUT2D eigenvalue weighted by Crippen LogP contribution is -2.05. The van der Waals surface area contributed by atoms with Gasteiger partial charge >= 0.3 is 5.97 Å². The highest BCUT2D eigenvalue weighted by molar-refractivity contribution is 7.13. The zero-order valence-electron chi connectivity index (χ0n) is 13.1. The fourth-order valence-electron chi connectivity index (χ4n) is 2.03. The van der Waals surface area contributed by atoms with E-state index in [0.717, 1.165) is 16.6 Å². The Labute approximate surface area is 143 Å². The van der Waals surface area contributed by atoms with Gasteiger partial charge in [-0.05, 0) is 36.4 Å². The van der Waals surface area contributed by atoms with Gasteiger partial charge in [-0.25, -0.2) is 9.78 Å². The molecule has 0 bridgehead atoms. The standard InChI is InChI=1S/C18H16N2O3S/c1-22-16-9-7-14(8-10-16)19-18-20-15(12-24-18)11-23-17(21)13-5-3-2-4-6-13/h2-10,12H,11H2,1H3,(H,19,20). The fraction of sp³-hybridized carbons (Fsp3) is 0.111. The fourth-order valence-corrected chi connectivity index (χ4v) is 2.74. The van der Waals surface area contributed by atoms with Crippen LogP contribution in [0, 0.1) is 0 Å². The van der Waals surface area contributed by atoms with Crippen LogP contribution in [0.1, 0.15) is 16.1 Å². The second-order valence-electron chi connectivity index (χ2n) is 4.94. The Balaban J connectivity index is 1.56. The van der Waals surface area contributed by atoms with Crippen molar-refractivity contribution in [3.05, 3.63) is 71.2 Å². The Morgan fingerprint density at radius 1 is 1.12 bits per heavy atom. The first-order chi connectivity index (χ1) is 11.7. The van der Waals surface area contributed by atoms with Crippen LogP contribution in [0.3, 0.4) is 0 Å². The summed E-state index contributed by atoms with van der Waals surface area (Å²) in [5.74, 6) is 0.446. The molecule has 1 heterocycles. The molecule has 0 amide bonds. The highest BCUT2D eigenvalue weighted by atomic mass is 32.1. The molecule has 0 aliphatic carbocycles. The average molecular weight is 340 g/mol. The predicted molar refractivity (Wildman–Crippen MR) is 94.0 cm³/mol. The number of nitrogens with one attached hydrogen (secondary N) is 1. The van der Waals surface area contributed by atoms with Crippen molar-refractivity contribution in [1.82, 2.24) is 4.98 Å². The molecule has 0 saturated carbocycles. The molecule has 0 aliphatic heterocycles. The summed E-state index contributed by atoms with van der Waals surface area (Å²) in [6, 6.07) is 16.5. The Morgan fingerprint density at radius 3 is 2.58 bits per heavy atom. The first kappa shape index (κ1) is 16.0. The summed E-state index contributed by atoms with van der Waals surface area (Å²) in [5, 5.41) is 5.81. The second kappa shape index (κ2) is 7.61. The normalized spacial score (nSPS) is 10.2. The number of carbonyl (C=O) groups excluding carboxylic acids is 1. The SMILES string of the molecule is COc1ccc(Nc2nc(COC(=O)c3ccccc3)cs2)cc1. The lowest BCUT2D eigenvalue weighted by Gasteiger charge is -2.04. The van der Waals surface area contributed by atoms with Gasteiger partial charge in [0.1, 0.15) is 12.4 Å². The quantitative estimate of drug-likeness (QED) is 0.680. The number of aromatic nitrogens is 1. The Hall–Kier alpha value is -2.86. The van der Waals surface area contributed by atoms with Crippen LogP contribution in [-0.4, -0.2) is 18.1 Å². The first-order valence-corrected chi connectivity index (χ1v) is 8.20. The average Bonchev–Trinajstić information content (AvgIpc) is 3.08. The van der Waals surface area contributed by atoms with Crippen molar-refractivity contribution in [3.8, 4) is 5.75 Å². The van der Waals surface area contributed by atoms with Crippen LogP contribution in [0.2, 0.25) is 0 Å². The topological polar surface area (TPSA) is 60.4 Å². The number of hydrogen-bond acceptors (Lipinski definition) is 6. The largest absolute Gasteiger partial charge is 0.497 e. The van der Waals surface area contributed by atoms with E-state index in [1.54, 1.807) is 31.4 Å². The van der Waals surface area contributed by atoms with Gasteiger partial charge in [0.25, 0.3) is 0 Å². The van der Waals surface area contributed by atoms with Gasteiger partial charge in [-0.2, -0.15) is 0 Å². The molecule has 0 unspecified atom stereocenters. The van der Waals surface area contributed by atoms with E-state index in [1.807, 2.05) is 35.7 Å². The molecule has 24 heavy (non-hydrogen) atoms. The van der Waals surface area contributed by atoms with E-state index >= 15 is 0 Å². The smallest absolute Gasteiger partial charge is 0.338 e. The van der Waals surface area contributed by atoms with Gasteiger partial charge in [0.2, 0.25) is 0 Å². The molecule has 0 saturated heterocycles. The molecule has 0 atom stereocenters. The summed E-state index contributed by atoms with van der Waals surface area (Å²) in [6.45, 7) is 0.147. The van der Waals surface area contributed by atoms with E-state index in [1.165, 1.54) is 11.3 Å². The summed E-state index contributed by atoms with van der Waals surface area (Å²) in [5.41, 5.74) is 2.16. The molecule has 1 N–H and O–H groups in total. The highest BCUT2D eigenvalue weighted by Crippen LogP contribution is 2.23. The molecule has 6 heteroatoms. The minimum absolute atomic E-state index is 0.147. The maximum Gasteiger partial charge on any atom is 0.338 e. The molecule has 0 fully saturated rings. The summed E-state index contributed by atoms with van der Waals surface area (Å²) in [4.78, 5) is 16.3. The van der Waals surface area contributed by atoms with Crippen molar-refractivity contribution in [3.63, 3.8) is 0 Å². The monoisotopic (exact) mass is 340 g/mol. The van der Waals surface area contributed by atoms with Crippen molar-refractivity contribution < 1.29 is 14.3 Å². The van der Waals surface area contributed by atoms with E-state index in [4.69, 9.17) is 9.47 Å². The molecule has 0 radical (unpaired) electrons. The molecule has 0 spiro atoms. The maximum atomic E-state index is 11.9. The van der Waals surface area contributed by atoms with Crippen LogP contribution >= 0.6 is 11.3 Å². The van der Waals surface area contributed by atoms with E-state index < -0.39 is 0 Å². The van der Waals surface area contributed by atoms with Crippen LogP contribution in [0.15, 0.2) is 60.0 Å². The number of benzene rings is 2. The van der Waals surface area contributed by atoms with E-state index in [-0.39, 0.29) is 12.6 Å². The third-order valence-corrected chi connectivity index (χ3v) is 4.06. The zero-order chi connectivity index (χ0) is 16.8. The third-order valence-electron chi connectivity index (χ3n) is 3.25. The van der Waals surface area contributed by atoms with Crippen LogP contribution in [0.5, 0.6) is 5.75 Å². The molecule has 3 aromatic rings. The summed E-state index contributed by atoms with van der Waals surface area (Å²) < 4.78 is 10.4. The number of hydrogen-bond donors (Lipinski definition) is 1. The molecule has 3 rings (SSSR count). The Kier molecular flexibility index (Phi) is 5.08. The lowest BCUT2D eigenvalue weighted by atomic mass is 10.2. The Bertz CT molecular complexity index is 801. The molecule has 5 nitrogen and oxygen atoms in total. The minimum atomic E-state index is -0.353. The number of ether oxygens (including phenoxy) is 2. The number of esters is 1. The van der Waals surface area contributed by atoms with Crippen molar-refractivity contribution in [2.45, 2.75) is 6.61 Å². The first-order valence-electron chi connectivity index (χ1n) is 7.32. The van der Waals surface area contributed by atoms with Gasteiger partial charge in [0, 0.05) is 11.1 Å². The van der Waals surface area contributed by atoms with Crippen LogP contribution in [0.25, 0.3) is 0 Å². The summed E-state index contributed by atoms with van der Waals surface area (Å²) >= 11 is 1.46. The van der Waals surface area contributed by atoms with Crippen molar-refractivity contribution in [2.75, 3.05) is 12.4 Å². The maximum absolute atomic E-state index is 11.9. The van der Waals surface area contributed by atoms with Crippen LogP contribution in [-0.2, 0) is 11.3 Å². The third kappa shape index (κ3) is 4.11. The van der Waals surface area contributed by atoms with E-state index in [9.17, 15) is 4.79 Å². The van der Waals surface area contributed by atoms with E-state index in [2.05, 4.69) is 10.3 Å². The van der Waals surface area contributed by atoms with Gasteiger partial charge < -0.3 is 14.8 Å². The van der Waals surface area contributed by atoms with Gasteiger partial charge in [-0.15, -0.1) is 11.3 Å². The van der Waals surface area contributed by atoms with Crippen molar-refractivity contribution in [1.29, 1.82) is 0 Å². The number of rotatable bonds is 6. The number of carbonyl (C=O) groups is 1. The minimum Gasteiger partial charge on any atom is -0.497 e. The van der Waals surface area contributed by atoms with Gasteiger partial charge in [0.15, 0.2) is 5.13 Å². The molecule has 0 aliphatic rings. The molecule has 122 valence electrons. The molecule has 2 aromatic carbocycles.